The zero-order valence-electron chi connectivity index (χ0n) is 13.0. The summed E-state index contributed by atoms with van der Waals surface area (Å²) in [6.07, 6.45) is -0.463. The second-order valence-electron chi connectivity index (χ2n) is 6.11. The van der Waals surface area contributed by atoms with Crippen LogP contribution < -0.4 is 11.2 Å². The van der Waals surface area contributed by atoms with Gasteiger partial charge in [0.05, 0.1) is 11.8 Å². The minimum Gasteiger partial charge on any atom is -0.388 e. The number of fused-ring (bicyclic) bond motifs is 2. The molecule has 0 radical (unpaired) electrons. The Labute approximate surface area is 132 Å². The number of aromatic nitrogens is 2. The first-order valence-electron chi connectivity index (χ1n) is 7.26. The zero-order valence-corrected chi connectivity index (χ0v) is 13.8. The van der Waals surface area contributed by atoms with Gasteiger partial charge < -0.3 is 9.84 Å². The van der Waals surface area contributed by atoms with Crippen LogP contribution in [0.1, 0.15) is 25.1 Å². The summed E-state index contributed by atoms with van der Waals surface area (Å²) >= 11 is 0. The lowest BCUT2D eigenvalue weighted by molar-refractivity contribution is -0.0905. The number of hydrogen-bond donors (Lipinski definition) is 2. The molecule has 0 aliphatic carbocycles. The quantitative estimate of drug-likeness (QED) is 0.675. The lowest BCUT2D eigenvalue weighted by Gasteiger charge is -2.38. The van der Waals surface area contributed by atoms with Crippen molar-refractivity contribution in [1.29, 1.82) is 0 Å². The monoisotopic (exact) mass is 345 g/mol. The molecule has 2 saturated heterocycles. The molecule has 2 aliphatic rings. The first-order chi connectivity index (χ1) is 10.6. The lowest BCUT2D eigenvalue weighted by atomic mass is 9.93. The van der Waals surface area contributed by atoms with Crippen LogP contribution in [0.4, 0.5) is 0 Å². The molecule has 0 amide bonds. The van der Waals surface area contributed by atoms with Gasteiger partial charge in [0, 0.05) is 18.8 Å². The van der Waals surface area contributed by atoms with Gasteiger partial charge in [-0.25, -0.2) is 13.2 Å². The molecule has 128 valence electrons. The fourth-order valence-electron chi connectivity index (χ4n) is 3.33. The maximum absolute atomic E-state index is 12.3. The summed E-state index contributed by atoms with van der Waals surface area (Å²) in [4.78, 5) is 25.8. The molecule has 2 bridgehead atoms. The van der Waals surface area contributed by atoms with E-state index in [1.165, 1.54) is 20.2 Å². The van der Waals surface area contributed by atoms with Gasteiger partial charge in [-0.15, -0.1) is 0 Å². The molecule has 4 atom stereocenters. The molecule has 2 N–H and O–H groups in total. The maximum Gasteiger partial charge on any atom is 0.330 e. The van der Waals surface area contributed by atoms with Crippen molar-refractivity contribution in [1.82, 2.24) is 13.9 Å². The largest absolute Gasteiger partial charge is 0.388 e. The molecule has 1 aromatic heterocycles. The van der Waals surface area contributed by atoms with Crippen molar-refractivity contribution in [2.24, 2.45) is 0 Å². The number of nitrogens with zero attached hydrogens (tertiary/aromatic N) is 2. The number of sulfonamides is 1. The number of aryl methyl sites for hydroxylation is 1. The number of aliphatic hydroxyl groups is 1. The number of aliphatic hydroxyl groups excluding tert-OH is 1. The lowest BCUT2D eigenvalue weighted by Crippen LogP contribution is -2.60. The highest BCUT2D eigenvalue weighted by Gasteiger charge is 2.63. The number of ether oxygens (including phenoxy) is 1. The molecule has 0 spiro atoms. The van der Waals surface area contributed by atoms with Gasteiger partial charge in [-0.2, -0.15) is 4.31 Å². The molecule has 3 heterocycles. The highest BCUT2D eigenvalue weighted by molar-refractivity contribution is 7.89. The van der Waals surface area contributed by atoms with Crippen LogP contribution in [0.3, 0.4) is 0 Å². The summed E-state index contributed by atoms with van der Waals surface area (Å²) < 4.78 is 32.7. The predicted octanol–water partition coefficient (Wildman–Crippen LogP) is -1.47. The number of nitrogens with one attached hydrogen (secondary N) is 1. The van der Waals surface area contributed by atoms with Gasteiger partial charge in [0.2, 0.25) is 10.0 Å². The summed E-state index contributed by atoms with van der Waals surface area (Å²) in [6.45, 7) is 3.26. The van der Waals surface area contributed by atoms with E-state index in [9.17, 15) is 23.1 Å². The van der Waals surface area contributed by atoms with E-state index in [0.29, 0.717) is 5.56 Å². The minimum atomic E-state index is -3.61. The van der Waals surface area contributed by atoms with Gasteiger partial charge >= 0.3 is 5.69 Å². The summed E-state index contributed by atoms with van der Waals surface area (Å²) in [5.41, 5.74) is -2.19. The van der Waals surface area contributed by atoms with Crippen LogP contribution >= 0.6 is 0 Å². The average molecular weight is 345 g/mol. The SMILES string of the molecule is CC[C@]12CS(=O)(=O)N(C)[C@@H](C1O)[C@H](n1cc(C)c(=O)[nH]c1=O)O2. The average Bonchev–Trinajstić information content (AvgIpc) is 2.69. The van der Waals surface area contributed by atoms with Gasteiger partial charge in [0.25, 0.3) is 5.56 Å². The highest BCUT2D eigenvalue weighted by Crippen LogP contribution is 2.46. The van der Waals surface area contributed by atoms with Crippen LogP contribution in [0.15, 0.2) is 15.8 Å². The van der Waals surface area contributed by atoms with Gasteiger partial charge in [-0.05, 0) is 13.3 Å². The first kappa shape index (κ1) is 16.4. The van der Waals surface area contributed by atoms with E-state index in [1.807, 2.05) is 0 Å². The van der Waals surface area contributed by atoms with E-state index >= 15 is 0 Å². The fourth-order valence-corrected chi connectivity index (χ4v) is 5.19. The standard InChI is InChI=1S/C13H19N3O6S/c1-4-13-6-23(20,21)15(3)8(9(13)17)11(22-13)16-5-7(2)10(18)14-12(16)19/h5,8-9,11,17H,4,6H2,1-3H3,(H,14,18,19)/t8-,9?,11+,13-/m0/s1. The molecular formula is C13H19N3O6S. The van der Waals surface area contributed by atoms with Crippen LogP contribution in [0.5, 0.6) is 0 Å². The Kier molecular flexibility index (Phi) is 3.56. The molecule has 0 saturated carbocycles. The topological polar surface area (TPSA) is 122 Å². The first-order valence-corrected chi connectivity index (χ1v) is 8.87. The van der Waals surface area contributed by atoms with E-state index in [2.05, 4.69) is 4.98 Å². The second kappa shape index (κ2) is 5.00. The number of aromatic amines is 1. The number of likely N-dealkylation sites (N-methyl/N-ethyl adjacent to an activating group) is 1. The van der Waals surface area contributed by atoms with Crippen molar-refractivity contribution in [3.8, 4) is 0 Å². The Bertz CT molecular complexity index is 859. The predicted molar refractivity (Wildman–Crippen MR) is 80.5 cm³/mol. The summed E-state index contributed by atoms with van der Waals surface area (Å²) in [5, 5.41) is 10.6. The van der Waals surface area contributed by atoms with E-state index in [4.69, 9.17) is 4.74 Å². The van der Waals surface area contributed by atoms with Crippen molar-refractivity contribution in [3.63, 3.8) is 0 Å². The third-order valence-electron chi connectivity index (χ3n) is 4.81. The van der Waals surface area contributed by atoms with E-state index in [-0.39, 0.29) is 12.2 Å². The van der Waals surface area contributed by atoms with Crippen molar-refractivity contribution in [3.05, 3.63) is 32.6 Å². The van der Waals surface area contributed by atoms with Gasteiger partial charge in [-0.1, -0.05) is 6.92 Å². The van der Waals surface area contributed by atoms with Crippen LogP contribution in [0.2, 0.25) is 0 Å². The highest BCUT2D eigenvalue weighted by atomic mass is 32.2. The van der Waals surface area contributed by atoms with Gasteiger partial charge in [-0.3, -0.25) is 14.3 Å². The zero-order chi connectivity index (χ0) is 17.2. The number of H-pyrrole nitrogens is 1. The van der Waals surface area contributed by atoms with E-state index in [1.54, 1.807) is 6.92 Å². The summed E-state index contributed by atoms with van der Waals surface area (Å²) in [6, 6.07) is -0.934. The Balaban J connectivity index is 2.18. The van der Waals surface area contributed by atoms with Crippen LogP contribution in [0.25, 0.3) is 0 Å². The maximum atomic E-state index is 12.3. The molecule has 2 aliphatic heterocycles. The molecule has 10 heteroatoms. The second-order valence-corrected chi connectivity index (χ2v) is 8.14. The third-order valence-corrected chi connectivity index (χ3v) is 6.79. The number of rotatable bonds is 2. The molecule has 0 aromatic carbocycles. The molecular weight excluding hydrogens is 326 g/mol. The summed E-state index contributed by atoms with van der Waals surface area (Å²) in [5.74, 6) is -0.349. The molecule has 1 aromatic rings. The van der Waals surface area contributed by atoms with Gasteiger partial charge in [0.15, 0.2) is 6.23 Å². The molecule has 3 rings (SSSR count). The minimum absolute atomic E-state index is 0.283. The van der Waals surface area contributed by atoms with Crippen molar-refractivity contribution < 1.29 is 18.3 Å². The smallest absolute Gasteiger partial charge is 0.330 e. The van der Waals surface area contributed by atoms with Crippen molar-refractivity contribution in [2.45, 2.75) is 44.2 Å². The molecule has 23 heavy (non-hydrogen) atoms. The Hall–Kier alpha value is -1.49. The molecule has 1 unspecified atom stereocenters. The fraction of sp³-hybridized carbons (Fsp3) is 0.692. The van der Waals surface area contributed by atoms with E-state index in [0.717, 1.165) is 8.87 Å². The van der Waals surface area contributed by atoms with Gasteiger partial charge in [0.1, 0.15) is 11.7 Å². The van der Waals surface area contributed by atoms with Crippen LogP contribution in [-0.4, -0.2) is 57.9 Å². The van der Waals surface area contributed by atoms with Crippen LogP contribution in [-0.2, 0) is 14.8 Å². The molecule has 2 fully saturated rings. The third kappa shape index (κ3) is 2.20. The Morgan fingerprint density at radius 2 is 2.13 bits per heavy atom. The van der Waals surface area contributed by atoms with Crippen molar-refractivity contribution >= 4 is 10.0 Å². The number of hydrogen-bond acceptors (Lipinski definition) is 6. The van der Waals surface area contributed by atoms with E-state index < -0.39 is 45.2 Å². The normalized spacial score (nSPS) is 36.3. The summed E-state index contributed by atoms with van der Waals surface area (Å²) in [7, 11) is -2.26. The molecule has 9 nitrogen and oxygen atoms in total. The Morgan fingerprint density at radius 3 is 2.74 bits per heavy atom. The Morgan fingerprint density at radius 1 is 1.48 bits per heavy atom. The van der Waals surface area contributed by atoms with Crippen LogP contribution in [0, 0.1) is 6.92 Å². The van der Waals surface area contributed by atoms with Crippen molar-refractivity contribution in [2.75, 3.05) is 12.8 Å².